The highest BCUT2D eigenvalue weighted by Crippen LogP contribution is 2.13. The summed E-state index contributed by atoms with van der Waals surface area (Å²) in [5.74, 6) is -0.337. The molecule has 0 heterocycles. The van der Waals surface area contributed by atoms with Crippen LogP contribution in [0.1, 0.15) is 32.1 Å². The van der Waals surface area contributed by atoms with Crippen molar-refractivity contribution in [1.82, 2.24) is 0 Å². The van der Waals surface area contributed by atoms with E-state index >= 15 is 0 Å². The van der Waals surface area contributed by atoms with E-state index in [4.69, 9.17) is 4.18 Å². The molecular weight excluding hydrogens is 324 g/mol. The third-order valence-corrected chi connectivity index (χ3v) is 3.65. The van der Waals surface area contributed by atoms with Crippen LogP contribution in [0.25, 0.3) is 0 Å². The summed E-state index contributed by atoms with van der Waals surface area (Å²) in [6.45, 7) is -0.157. The lowest BCUT2D eigenvalue weighted by atomic mass is 10.1. The van der Waals surface area contributed by atoms with E-state index in [1.54, 1.807) is 0 Å². The molecule has 0 amide bonds. The van der Waals surface area contributed by atoms with Crippen molar-refractivity contribution in [3.05, 3.63) is 0 Å². The number of methoxy groups -OCH3 is 1. The van der Waals surface area contributed by atoms with Crippen LogP contribution in [0, 0.1) is 0 Å². The van der Waals surface area contributed by atoms with Gasteiger partial charge in [-0.3, -0.25) is 13.2 Å². The van der Waals surface area contributed by atoms with Gasteiger partial charge in [-0.2, -0.15) is 16.8 Å². The van der Waals surface area contributed by atoms with E-state index < -0.39 is 26.3 Å². The average molecular weight is 346 g/mol. The van der Waals surface area contributed by atoms with Crippen LogP contribution in [0.2, 0.25) is 0 Å². The SMILES string of the molecule is COC(=O)CCCC[C@@H](CCOS(C)(=O)=O)OS(C)(=O)=O. The monoisotopic (exact) mass is 346 g/mol. The second-order valence-electron chi connectivity index (χ2n) is 4.56. The molecule has 0 aliphatic rings. The number of hydrogen-bond acceptors (Lipinski definition) is 8. The number of rotatable bonds is 11. The fourth-order valence-corrected chi connectivity index (χ4v) is 2.65. The molecule has 0 saturated carbocycles. The highest BCUT2D eigenvalue weighted by molar-refractivity contribution is 7.86. The van der Waals surface area contributed by atoms with Crippen molar-refractivity contribution in [3.63, 3.8) is 0 Å². The molecule has 0 unspecified atom stereocenters. The molecule has 0 aromatic carbocycles. The first-order valence-corrected chi connectivity index (χ1v) is 9.96. The molecule has 0 fully saturated rings. The van der Waals surface area contributed by atoms with Gasteiger partial charge in [0.1, 0.15) is 0 Å². The van der Waals surface area contributed by atoms with E-state index in [2.05, 4.69) is 8.92 Å². The third-order valence-electron chi connectivity index (χ3n) is 2.43. The maximum absolute atomic E-state index is 11.1. The smallest absolute Gasteiger partial charge is 0.305 e. The highest BCUT2D eigenvalue weighted by atomic mass is 32.2. The zero-order chi connectivity index (χ0) is 16.5. The first-order chi connectivity index (χ1) is 9.53. The van der Waals surface area contributed by atoms with Gasteiger partial charge >= 0.3 is 5.97 Å². The molecule has 0 radical (unpaired) electrons. The lowest BCUT2D eigenvalue weighted by molar-refractivity contribution is -0.140. The van der Waals surface area contributed by atoms with Crippen molar-refractivity contribution in [2.75, 3.05) is 26.2 Å². The van der Waals surface area contributed by atoms with Crippen molar-refractivity contribution in [2.45, 2.75) is 38.2 Å². The molecule has 10 heteroatoms. The van der Waals surface area contributed by atoms with Crippen molar-refractivity contribution in [3.8, 4) is 0 Å². The van der Waals surface area contributed by atoms with Crippen LogP contribution in [-0.2, 0) is 38.1 Å². The van der Waals surface area contributed by atoms with Gasteiger partial charge in [-0.1, -0.05) is 6.42 Å². The Kier molecular flexibility index (Phi) is 9.02. The van der Waals surface area contributed by atoms with Crippen LogP contribution in [-0.4, -0.2) is 55.1 Å². The Hall–Kier alpha value is -0.710. The molecule has 0 saturated heterocycles. The van der Waals surface area contributed by atoms with Crippen LogP contribution < -0.4 is 0 Å². The molecule has 0 rings (SSSR count). The molecule has 21 heavy (non-hydrogen) atoms. The topological polar surface area (TPSA) is 113 Å². The summed E-state index contributed by atoms with van der Waals surface area (Å²) in [5, 5.41) is 0. The number of carbonyl (C=O) groups is 1. The molecule has 0 bridgehead atoms. The molecule has 0 aromatic rings. The van der Waals surface area contributed by atoms with Crippen LogP contribution in [0.15, 0.2) is 0 Å². The van der Waals surface area contributed by atoms with Crippen LogP contribution in [0.4, 0.5) is 0 Å². The number of esters is 1. The maximum Gasteiger partial charge on any atom is 0.305 e. The lowest BCUT2D eigenvalue weighted by Gasteiger charge is -2.15. The second kappa shape index (κ2) is 9.34. The van der Waals surface area contributed by atoms with E-state index in [0.29, 0.717) is 19.3 Å². The minimum Gasteiger partial charge on any atom is -0.469 e. The average Bonchev–Trinajstić information content (AvgIpc) is 2.30. The Bertz CT molecular complexity index is 508. The minimum atomic E-state index is -3.64. The third kappa shape index (κ3) is 14.0. The van der Waals surface area contributed by atoms with Gasteiger partial charge in [0.2, 0.25) is 0 Å². The van der Waals surface area contributed by atoms with Gasteiger partial charge in [0.25, 0.3) is 20.2 Å². The normalized spacial score (nSPS) is 13.9. The second-order valence-corrected chi connectivity index (χ2v) is 7.80. The summed E-state index contributed by atoms with van der Waals surface area (Å²) >= 11 is 0. The van der Waals surface area contributed by atoms with Crippen molar-refractivity contribution >= 4 is 26.2 Å². The molecule has 0 aromatic heterocycles. The van der Waals surface area contributed by atoms with Crippen molar-refractivity contribution < 1.29 is 34.7 Å². The molecule has 1 atom stereocenters. The maximum atomic E-state index is 11.1. The van der Waals surface area contributed by atoms with Crippen LogP contribution in [0.3, 0.4) is 0 Å². The predicted octanol–water partition coefficient (Wildman–Crippen LogP) is 0.431. The largest absolute Gasteiger partial charge is 0.469 e. The van der Waals surface area contributed by atoms with Gasteiger partial charge in [-0.05, 0) is 19.3 Å². The van der Waals surface area contributed by atoms with Crippen LogP contribution in [0.5, 0.6) is 0 Å². The molecule has 8 nitrogen and oxygen atoms in total. The fraction of sp³-hybridized carbons (Fsp3) is 0.909. The first kappa shape index (κ1) is 20.3. The van der Waals surface area contributed by atoms with Gasteiger partial charge in [0.05, 0.1) is 32.3 Å². The number of hydrogen-bond donors (Lipinski definition) is 0. The van der Waals surface area contributed by atoms with Crippen LogP contribution >= 0.6 is 0 Å². The fourth-order valence-electron chi connectivity index (χ4n) is 1.56. The minimum absolute atomic E-state index is 0.123. The van der Waals surface area contributed by atoms with E-state index in [1.807, 2.05) is 0 Å². The van der Waals surface area contributed by atoms with Gasteiger partial charge < -0.3 is 4.74 Å². The van der Waals surface area contributed by atoms with Gasteiger partial charge in [0, 0.05) is 6.42 Å². The summed E-state index contributed by atoms with van der Waals surface area (Å²) in [6, 6.07) is 0. The number of ether oxygens (including phenoxy) is 1. The summed E-state index contributed by atoms with van der Waals surface area (Å²) in [7, 11) is -5.92. The molecule has 0 N–H and O–H groups in total. The van der Waals surface area contributed by atoms with Crippen molar-refractivity contribution in [2.24, 2.45) is 0 Å². The highest BCUT2D eigenvalue weighted by Gasteiger charge is 2.16. The van der Waals surface area contributed by atoms with E-state index in [0.717, 1.165) is 12.5 Å². The van der Waals surface area contributed by atoms with Gasteiger partial charge in [0.15, 0.2) is 0 Å². The molecule has 0 aliphatic carbocycles. The zero-order valence-electron chi connectivity index (χ0n) is 12.4. The zero-order valence-corrected chi connectivity index (χ0v) is 14.0. The predicted molar refractivity (Wildman–Crippen MR) is 75.6 cm³/mol. The molecule has 0 aliphatic heterocycles. The lowest BCUT2D eigenvalue weighted by Crippen LogP contribution is -2.20. The molecule has 0 spiro atoms. The Morgan fingerprint density at radius 2 is 1.62 bits per heavy atom. The Morgan fingerprint density at radius 1 is 1.00 bits per heavy atom. The van der Waals surface area contributed by atoms with Gasteiger partial charge in [-0.15, -0.1) is 0 Å². The summed E-state index contributed by atoms with van der Waals surface area (Å²) in [4.78, 5) is 10.9. The number of unbranched alkanes of at least 4 members (excludes halogenated alkanes) is 1. The standard InChI is InChI=1S/C11H22O8S2/c1-17-11(12)7-5-4-6-10(19-21(3,15)16)8-9-18-20(2,13)14/h10H,4-9H2,1-3H3/t10-/m0/s1. The summed E-state index contributed by atoms with van der Waals surface area (Å²) in [6.07, 6.45) is 2.97. The quantitative estimate of drug-likeness (QED) is 0.301. The van der Waals surface area contributed by atoms with E-state index in [-0.39, 0.29) is 25.4 Å². The Morgan fingerprint density at radius 3 is 2.10 bits per heavy atom. The summed E-state index contributed by atoms with van der Waals surface area (Å²) in [5.41, 5.74) is 0. The Labute approximate surface area is 126 Å². The number of carbonyl (C=O) groups excluding carboxylic acids is 1. The van der Waals surface area contributed by atoms with E-state index in [9.17, 15) is 21.6 Å². The molecule has 126 valence electrons. The first-order valence-electron chi connectivity index (χ1n) is 6.33. The molecular formula is C11H22O8S2. The van der Waals surface area contributed by atoms with Crippen molar-refractivity contribution in [1.29, 1.82) is 0 Å². The van der Waals surface area contributed by atoms with E-state index in [1.165, 1.54) is 7.11 Å². The Balaban J connectivity index is 4.24. The summed E-state index contributed by atoms with van der Waals surface area (Å²) < 4.78 is 57.8. The van der Waals surface area contributed by atoms with Gasteiger partial charge in [-0.25, -0.2) is 0 Å².